The van der Waals surface area contributed by atoms with Gasteiger partial charge in [-0.1, -0.05) is 47.5 Å². The third kappa shape index (κ3) is 6.39. The van der Waals surface area contributed by atoms with Crippen LogP contribution >= 0.6 is 23.2 Å². The number of nitriles is 1. The van der Waals surface area contributed by atoms with Gasteiger partial charge in [0.05, 0.1) is 25.5 Å². The Morgan fingerprint density at radius 1 is 0.774 bits per heavy atom. The summed E-state index contributed by atoms with van der Waals surface area (Å²) in [5.74, 6) is 0.151. The topological polar surface area (TPSA) is 77.3 Å². The van der Waals surface area contributed by atoms with E-state index in [0.29, 0.717) is 47.9 Å². The minimum atomic E-state index is 0.0944. The van der Waals surface area contributed by atoms with Crippen molar-refractivity contribution in [2.75, 3.05) is 33.0 Å². The summed E-state index contributed by atoms with van der Waals surface area (Å²) >= 11 is 12.1. The molecule has 3 rings (SSSR count). The highest BCUT2D eigenvalue weighted by Crippen LogP contribution is 2.33. The fourth-order valence-electron chi connectivity index (χ4n) is 2.77. The first-order valence-corrected chi connectivity index (χ1v) is 10.5. The lowest BCUT2D eigenvalue weighted by atomic mass is 10.0. The molecule has 6 nitrogen and oxygen atoms in total. The van der Waals surface area contributed by atoms with Crippen LogP contribution in [0.5, 0.6) is 5.88 Å². The van der Waals surface area contributed by atoms with Crippen molar-refractivity contribution in [2.45, 2.75) is 6.92 Å². The maximum Gasteiger partial charge on any atom is 0.251 e. The summed E-state index contributed by atoms with van der Waals surface area (Å²) < 4.78 is 16.4. The van der Waals surface area contributed by atoms with Gasteiger partial charge in [-0.2, -0.15) is 5.26 Å². The van der Waals surface area contributed by atoms with Crippen LogP contribution in [0.25, 0.3) is 22.5 Å². The first-order chi connectivity index (χ1) is 15.1. The second-order valence-corrected chi connectivity index (χ2v) is 7.23. The molecular formula is C23H21Cl2N3O3. The van der Waals surface area contributed by atoms with Crippen molar-refractivity contribution < 1.29 is 14.2 Å². The van der Waals surface area contributed by atoms with Crippen molar-refractivity contribution in [1.82, 2.24) is 9.97 Å². The second kappa shape index (κ2) is 11.6. The fraction of sp³-hybridized carbons (Fsp3) is 0.261. The molecule has 0 N–H and O–H groups in total. The summed E-state index contributed by atoms with van der Waals surface area (Å²) in [5.41, 5.74) is 2.80. The van der Waals surface area contributed by atoms with Gasteiger partial charge >= 0.3 is 0 Å². The maximum atomic E-state index is 9.61. The molecule has 8 heteroatoms. The Morgan fingerprint density at radius 2 is 1.29 bits per heavy atom. The number of ether oxygens (including phenoxy) is 3. The van der Waals surface area contributed by atoms with Crippen LogP contribution < -0.4 is 4.74 Å². The van der Waals surface area contributed by atoms with Gasteiger partial charge in [-0.25, -0.2) is 9.97 Å². The van der Waals surface area contributed by atoms with Gasteiger partial charge in [0.1, 0.15) is 18.4 Å². The normalized spacial score (nSPS) is 10.6. The number of hydrogen-bond donors (Lipinski definition) is 0. The van der Waals surface area contributed by atoms with E-state index in [-0.39, 0.29) is 18.2 Å². The van der Waals surface area contributed by atoms with Crippen LogP contribution in [0, 0.1) is 11.3 Å². The molecule has 3 aromatic rings. The van der Waals surface area contributed by atoms with Crippen LogP contribution in [0.2, 0.25) is 10.0 Å². The smallest absolute Gasteiger partial charge is 0.251 e. The molecule has 0 fully saturated rings. The third-order valence-electron chi connectivity index (χ3n) is 4.25. The molecule has 0 saturated heterocycles. The summed E-state index contributed by atoms with van der Waals surface area (Å²) in [6.07, 6.45) is 0. The molecule has 1 heterocycles. The molecule has 2 aromatic carbocycles. The molecular weight excluding hydrogens is 437 g/mol. The molecule has 0 aliphatic carbocycles. The molecule has 0 atom stereocenters. The minimum Gasteiger partial charge on any atom is -0.473 e. The summed E-state index contributed by atoms with van der Waals surface area (Å²) in [6.45, 7) is 4.14. The predicted octanol–water partition coefficient (Wildman–Crippen LogP) is 5.42. The van der Waals surface area contributed by atoms with E-state index >= 15 is 0 Å². The Kier molecular flexibility index (Phi) is 8.63. The van der Waals surface area contributed by atoms with Crippen LogP contribution in [-0.2, 0) is 9.47 Å². The van der Waals surface area contributed by atoms with E-state index in [9.17, 15) is 5.26 Å². The number of benzene rings is 2. The highest BCUT2D eigenvalue weighted by atomic mass is 35.5. The molecule has 0 unspecified atom stereocenters. The Hall–Kier alpha value is -2.69. The van der Waals surface area contributed by atoms with E-state index in [2.05, 4.69) is 16.0 Å². The lowest BCUT2D eigenvalue weighted by Crippen LogP contribution is -2.12. The third-order valence-corrected chi connectivity index (χ3v) is 4.75. The number of hydrogen-bond acceptors (Lipinski definition) is 6. The van der Waals surface area contributed by atoms with Gasteiger partial charge in [0.25, 0.3) is 5.88 Å². The van der Waals surface area contributed by atoms with Gasteiger partial charge in [0, 0.05) is 27.8 Å². The monoisotopic (exact) mass is 457 g/mol. The van der Waals surface area contributed by atoms with Crippen molar-refractivity contribution in [3.63, 3.8) is 0 Å². The first kappa shape index (κ1) is 23.0. The molecule has 1 aromatic heterocycles. The van der Waals surface area contributed by atoms with E-state index < -0.39 is 0 Å². The van der Waals surface area contributed by atoms with Crippen molar-refractivity contribution in [1.29, 1.82) is 5.26 Å². The zero-order valence-corrected chi connectivity index (χ0v) is 18.5. The molecule has 0 spiro atoms. The quantitative estimate of drug-likeness (QED) is 0.378. The Morgan fingerprint density at radius 3 is 1.84 bits per heavy atom. The van der Waals surface area contributed by atoms with Crippen molar-refractivity contribution >= 4 is 23.2 Å². The van der Waals surface area contributed by atoms with Crippen LogP contribution in [-0.4, -0.2) is 43.0 Å². The van der Waals surface area contributed by atoms with E-state index in [4.69, 9.17) is 37.4 Å². The van der Waals surface area contributed by atoms with Gasteiger partial charge in [0.15, 0.2) is 0 Å². The van der Waals surface area contributed by atoms with E-state index in [1.165, 1.54) is 0 Å². The van der Waals surface area contributed by atoms with E-state index in [1.54, 1.807) is 24.3 Å². The summed E-state index contributed by atoms with van der Waals surface area (Å²) in [4.78, 5) is 9.17. The van der Waals surface area contributed by atoms with E-state index in [1.807, 2.05) is 31.2 Å². The summed E-state index contributed by atoms with van der Waals surface area (Å²) in [5, 5.41) is 10.8. The zero-order valence-electron chi connectivity index (χ0n) is 17.0. The number of nitrogens with zero attached hydrogens (tertiary/aromatic N) is 3. The standard InChI is InChI=1S/C23H21Cl2N3O3/c1-2-29-11-12-30-13-14-31-23-20(15-26)27-21(16-3-7-18(24)8-4-16)22(28-23)17-5-9-19(25)10-6-17/h3-10H,2,11-14H2,1H3. The molecule has 31 heavy (non-hydrogen) atoms. The number of halogens is 2. The van der Waals surface area contributed by atoms with Crippen molar-refractivity contribution in [2.24, 2.45) is 0 Å². The van der Waals surface area contributed by atoms with Gasteiger partial charge in [-0.15, -0.1) is 0 Å². The van der Waals surface area contributed by atoms with Crippen LogP contribution in [0.1, 0.15) is 12.6 Å². The SMILES string of the molecule is CCOCCOCCOc1nc(-c2ccc(Cl)cc2)c(-c2ccc(Cl)cc2)nc1C#N. The highest BCUT2D eigenvalue weighted by Gasteiger charge is 2.18. The maximum absolute atomic E-state index is 9.61. The van der Waals surface area contributed by atoms with Gasteiger partial charge in [-0.3, -0.25) is 0 Å². The van der Waals surface area contributed by atoms with Crippen molar-refractivity contribution in [3.05, 3.63) is 64.3 Å². The summed E-state index contributed by atoms with van der Waals surface area (Å²) in [6, 6.07) is 16.5. The zero-order chi connectivity index (χ0) is 22.1. The molecule has 0 aliphatic heterocycles. The van der Waals surface area contributed by atoms with Crippen LogP contribution in [0.3, 0.4) is 0 Å². The predicted molar refractivity (Wildman–Crippen MR) is 120 cm³/mol. The molecule has 0 amide bonds. The molecule has 0 aliphatic rings. The van der Waals surface area contributed by atoms with Gasteiger partial charge in [0.2, 0.25) is 5.69 Å². The van der Waals surface area contributed by atoms with Crippen LogP contribution in [0.15, 0.2) is 48.5 Å². The lowest BCUT2D eigenvalue weighted by molar-refractivity contribution is 0.0398. The lowest BCUT2D eigenvalue weighted by Gasteiger charge is -2.13. The fourth-order valence-corrected chi connectivity index (χ4v) is 3.03. The molecule has 0 bridgehead atoms. The summed E-state index contributed by atoms with van der Waals surface area (Å²) in [7, 11) is 0. The largest absolute Gasteiger partial charge is 0.473 e. The average Bonchev–Trinajstić information content (AvgIpc) is 2.79. The van der Waals surface area contributed by atoms with Crippen LogP contribution in [0.4, 0.5) is 0 Å². The Balaban J connectivity index is 1.90. The highest BCUT2D eigenvalue weighted by molar-refractivity contribution is 6.31. The number of rotatable bonds is 10. The van der Waals surface area contributed by atoms with E-state index in [0.717, 1.165) is 11.1 Å². The second-order valence-electron chi connectivity index (χ2n) is 6.36. The number of aromatic nitrogens is 2. The molecule has 0 saturated carbocycles. The Bertz CT molecular complexity index is 1040. The molecule has 160 valence electrons. The molecule has 0 radical (unpaired) electrons. The first-order valence-electron chi connectivity index (χ1n) is 9.74. The van der Waals surface area contributed by atoms with Gasteiger partial charge in [-0.05, 0) is 31.2 Å². The van der Waals surface area contributed by atoms with Gasteiger partial charge < -0.3 is 14.2 Å². The van der Waals surface area contributed by atoms with Crippen molar-refractivity contribution in [3.8, 4) is 34.5 Å². The Labute approximate surface area is 191 Å². The average molecular weight is 458 g/mol. The minimum absolute atomic E-state index is 0.0944.